The van der Waals surface area contributed by atoms with Crippen molar-refractivity contribution in [2.24, 2.45) is 0 Å². The van der Waals surface area contributed by atoms with Crippen molar-refractivity contribution in [3.8, 4) is 11.5 Å². The van der Waals surface area contributed by atoms with Gasteiger partial charge in [0.25, 0.3) is 5.69 Å². The maximum Gasteiger partial charge on any atom is 0.269 e. The van der Waals surface area contributed by atoms with E-state index in [0.29, 0.717) is 11.5 Å². The van der Waals surface area contributed by atoms with E-state index in [1.165, 1.54) is 12.1 Å². The van der Waals surface area contributed by atoms with Gasteiger partial charge in [-0.1, -0.05) is 30.3 Å². The number of nitrogens with zero attached hydrogens (tertiary/aromatic N) is 1. The van der Waals surface area contributed by atoms with E-state index in [2.05, 4.69) is 15.9 Å². The number of nitro benzene ring substituents is 1. The van der Waals surface area contributed by atoms with E-state index in [0.717, 1.165) is 15.2 Å². The highest BCUT2D eigenvalue weighted by Crippen LogP contribution is 2.37. The van der Waals surface area contributed by atoms with Gasteiger partial charge in [-0.2, -0.15) is 0 Å². The zero-order valence-corrected chi connectivity index (χ0v) is 12.4. The molecule has 0 aliphatic rings. The minimum absolute atomic E-state index is 0.0411. The molecule has 0 unspecified atom stereocenters. The molecule has 0 aliphatic carbocycles. The SMILES string of the molecule is O=[N+]([O-])c1ccc(Oc2c(Br)ccc3ccccc23)cc1. The fourth-order valence-electron chi connectivity index (χ4n) is 2.07. The molecule has 0 aliphatic heterocycles. The van der Waals surface area contributed by atoms with Crippen LogP contribution in [0.1, 0.15) is 0 Å². The Kier molecular flexibility index (Phi) is 3.58. The number of benzene rings is 3. The van der Waals surface area contributed by atoms with Gasteiger partial charge in [0.1, 0.15) is 11.5 Å². The molecule has 0 aromatic heterocycles. The van der Waals surface area contributed by atoms with E-state index in [9.17, 15) is 10.1 Å². The topological polar surface area (TPSA) is 52.4 Å². The largest absolute Gasteiger partial charge is 0.456 e. The second-order valence-electron chi connectivity index (χ2n) is 4.45. The van der Waals surface area contributed by atoms with Gasteiger partial charge in [0.2, 0.25) is 0 Å². The molecule has 3 aromatic carbocycles. The predicted molar refractivity (Wildman–Crippen MR) is 84.8 cm³/mol. The number of hydrogen-bond acceptors (Lipinski definition) is 3. The lowest BCUT2D eigenvalue weighted by molar-refractivity contribution is -0.384. The van der Waals surface area contributed by atoms with Crippen molar-refractivity contribution in [3.05, 3.63) is 75.3 Å². The highest BCUT2D eigenvalue weighted by Gasteiger charge is 2.10. The summed E-state index contributed by atoms with van der Waals surface area (Å²) in [4.78, 5) is 10.2. The summed E-state index contributed by atoms with van der Waals surface area (Å²) in [6.07, 6.45) is 0. The Hall–Kier alpha value is -2.40. The van der Waals surface area contributed by atoms with Crippen LogP contribution < -0.4 is 4.74 Å². The first-order valence-electron chi connectivity index (χ1n) is 6.25. The number of fused-ring (bicyclic) bond motifs is 1. The fraction of sp³-hybridized carbons (Fsp3) is 0. The molecule has 0 N–H and O–H groups in total. The summed E-state index contributed by atoms with van der Waals surface area (Å²) < 4.78 is 6.72. The van der Waals surface area contributed by atoms with Crippen LogP contribution in [0.5, 0.6) is 11.5 Å². The zero-order valence-electron chi connectivity index (χ0n) is 10.8. The van der Waals surface area contributed by atoms with Crippen LogP contribution >= 0.6 is 15.9 Å². The van der Waals surface area contributed by atoms with E-state index < -0.39 is 4.92 Å². The Morgan fingerprint density at radius 1 is 0.952 bits per heavy atom. The van der Waals surface area contributed by atoms with Gasteiger partial charge >= 0.3 is 0 Å². The molecule has 104 valence electrons. The molecule has 0 heterocycles. The minimum Gasteiger partial charge on any atom is -0.456 e. The molecule has 3 rings (SSSR count). The quantitative estimate of drug-likeness (QED) is 0.478. The molecule has 5 heteroatoms. The lowest BCUT2D eigenvalue weighted by Crippen LogP contribution is -1.90. The van der Waals surface area contributed by atoms with E-state index in [4.69, 9.17) is 4.74 Å². The van der Waals surface area contributed by atoms with E-state index >= 15 is 0 Å². The van der Waals surface area contributed by atoms with Crippen LogP contribution in [0.15, 0.2) is 65.1 Å². The summed E-state index contributed by atoms with van der Waals surface area (Å²) in [7, 11) is 0. The molecule has 0 spiro atoms. The average molecular weight is 344 g/mol. The van der Waals surface area contributed by atoms with Gasteiger partial charge in [0.05, 0.1) is 9.40 Å². The van der Waals surface area contributed by atoms with Gasteiger partial charge in [-0.25, -0.2) is 0 Å². The molecule has 4 nitrogen and oxygen atoms in total. The number of non-ortho nitro benzene ring substituents is 1. The second-order valence-corrected chi connectivity index (χ2v) is 5.31. The van der Waals surface area contributed by atoms with Crippen LogP contribution in [0.2, 0.25) is 0 Å². The number of ether oxygens (including phenoxy) is 1. The average Bonchev–Trinajstić information content (AvgIpc) is 2.51. The summed E-state index contributed by atoms with van der Waals surface area (Å²) in [5.41, 5.74) is 0.0411. The monoisotopic (exact) mass is 343 g/mol. The molecular weight excluding hydrogens is 334 g/mol. The predicted octanol–water partition coefficient (Wildman–Crippen LogP) is 5.30. The summed E-state index contributed by atoms with van der Waals surface area (Å²) in [5, 5.41) is 12.7. The Labute approximate surface area is 129 Å². The molecule has 0 fully saturated rings. The Bertz CT molecular complexity index is 815. The summed E-state index contributed by atoms with van der Waals surface area (Å²) >= 11 is 3.48. The first-order valence-corrected chi connectivity index (χ1v) is 7.04. The van der Waals surface area contributed by atoms with Crippen molar-refractivity contribution < 1.29 is 9.66 Å². The molecular formula is C16H10BrNO3. The lowest BCUT2D eigenvalue weighted by Gasteiger charge is -2.11. The van der Waals surface area contributed by atoms with Crippen molar-refractivity contribution in [1.82, 2.24) is 0 Å². The highest BCUT2D eigenvalue weighted by atomic mass is 79.9. The minimum atomic E-state index is -0.433. The van der Waals surface area contributed by atoms with Crippen LogP contribution in [-0.2, 0) is 0 Å². The molecule has 21 heavy (non-hydrogen) atoms. The Morgan fingerprint density at radius 2 is 1.67 bits per heavy atom. The normalized spacial score (nSPS) is 10.5. The van der Waals surface area contributed by atoms with Crippen LogP contribution in [0.25, 0.3) is 10.8 Å². The molecule has 0 atom stereocenters. The van der Waals surface area contributed by atoms with E-state index in [-0.39, 0.29) is 5.69 Å². The van der Waals surface area contributed by atoms with Crippen LogP contribution in [0.3, 0.4) is 0 Å². The lowest BCUT2D eigenvalue weighted by atomic mass is 10.1. The number of hydrogen-bond donors (Lipinski definition) is 0. The van der Waals surface area contributed by atoms with Crippen molar-refractivity contribution in [2.45, 2.75) is 0 Å². The smallest absolute Gasteiger partial charge is 0.269 e. The van der Waals surface area contributed by atoms with Gasteiger partial charge in [-0.3, -0.25) is 10.1 Å². The number of halogens is 1. The highest BCUT2D eigenvalue weighted by molar-refractivity contribution is 9.10. The van der Waals surface area contributed by atoms with Gasteiger partial charge in [-0.15, -0.1) is 0 Å². The summed E-state index contributed by atoms with van der Waals surface area (Å²) in [6.45, 7) is 0. The number of nitro groups is 1. The summed E-state index contributed by atoms with van der Waals surface area (Å²) in [5.74, 6) is 1.25. The Balaban J connectivity index is 2.01. The fourth-order valence-corrected chi connectivity index (χ4v) is 2.50. The van der Waals surface area contributed by atoms with Crippen molar-refractivity contribution in [2.75, 3.05) is 0 Å². The third kappa shape index (κ3) is 2.73. The van der Waals surface area contributed by atoms with Crippen LogP contribution in [-0.4, -0.2) is 4.92 Å². The molecule has 3 aromatic rings. The maximum absolute atomic E-state index is 10.7. The zero-order chi connectivity index (χ0) is 14.8. The van der Waals surface area contributed by atoms with Gasteiger partial charge in [0, 0.05) is 17.5 Å². The van der Waals surface area contributed by atoms with Crippen molar-refractivity contribution >= 4 is 32.4 Å². The maximum atomic E-state index is 10.7. The van der Waals surface area contributed by atoms with Gasteiger partial charge in [0.15, 0.2) is 0 Å². The molecule has 0 radical (unpaired) electrons. The number of rotatable bonds is 3. The first-order chi connectivity index (χ1) is 10.1. The molecule has 0 saturated heterocycles. The second kappa shape index (κ2) is 5.54. The molecule has 0 saturated carbocycles. The molecule has 0 bridgehead atoms. The van der Waals surface area contributed by atoms with Gasteiger partial charge in [-0.05, 0) is 39.5 Å². The van der Waals surface area contributed by atoms with E-state index in [1.807, 2.05) is 36.4 Å². The van der Waals surface area contributed by atoms with Crippen molar-refractivity contribution in [3.63, 3.8) is 0 Å². The van der Waals surface area contributed by atoms with Crippen LogP contribution in [0.4, 0.5) is 5.69 Å². The molecule has 0 amide bonds. The van der Waals surface area contributed by atoms with Crippen molar-refractivity contribution in [1.29, 1.82) is 0 Å². The standard InChI is InChI=1S/C16H10BrNO3/c17-15-10-5-11-3-1-2-4-14(11)16(15)21-13-8-6-12(7-9-13)18(19)20/h1-10H. The van der Waals surface area contributed by atoms with Gasteiger partial charge < -0.3 is 4.74 Å². The third-order valence-electron chi connectivity index (χ3n) is 3.10. The Morgan fingerprint density at radius 3 is 2.38 bits per heavy atom. The summed E-state index contributed by atoms with van der Waals surface area (Å²) in [6, 6.07) is 17.8. The third-order valence-corrected chi connectivity index (χ3v) is 3.72. The van der Waals surface area contributed by atoms with E-state index in [1.54, 1.807) is 12.1 Å². The van der Waals surface area contributed by atoms with Crippen LogP contribution in [0, 0.1) is 10.1 Å². The first kappa shape index (κ1) is 13.6.